The Bertz CT molecular complexity index is 876. The second kappa shape index (κ2) is 9.33. The molecule has 0 bridgehead atoms. The zero-order chi connectivity index (χ0) is 25.1. The first-order valence-electron chi connectivity index (χ1n) is 13.8. The van der Waals surface area contributed by atoms with Crippen LogP contribution in [0.4, 0.5) is 0 Å². The largest absolute Gasteiger partial charge is 0.393 e. The van der Waals surface area contributed by atoms with Crippen LogP contribution in [-0.2, 0) is 14.8 Å². The molecule has 0 saturated heterocycles. The molecule has 0 unspecified atom stereocenters. The minimum absolute atomic E-state index is 0.0706. The minimum atomic E-state index is -3.53. The third-order valence-electron chi connectivity index (χ3n) is 11.3. The van der Waals surface area contributed by atoms with Crippen molar-refractivity contribution in [3.05, 3.63) is 0 Å². The van der Waals surface area contributed by atoms with E-state index in [1.54, 1.807) is 0 Å². The van der Waals surface area contributed by atoms with Crippen molar-refractivity contribution in [3.63, 3.8) is 0 Å². The van der Waals surface area contributed by atoms with E-state index in [-0.39, 0.29) is 53.0 Å². The molecule has 4 fully saturated rings. The van der Waals surface area contributed by atoms with Crippen molar-refractivity contribution in [2.75, 3.05) is 5.75 Å². The Balaban J connectivity index is 1.56. The maximum Gasteiger partial charge on any atom is 0.234 e. The van der Waals surface area contributed by atoms with Crippen molar-refractivity contribution in [2.45, 2.75) is 105 Å². The van der Waals surface area contributed by atoms with E-state index in [9.17, 15) is 23.4 Å². The summed E-state index contributed by atoms with van der Waals surface area (Å²) < 4.78 is 25.9. The van der Waals surface area contributed by atoms with Gasteiger partial charge < -0.3 is 10.2 Å². The fourth-order valence-corrected chi connectivity index (χ4v) is 10.2. The zero-order valence-corrected chi connectivity index (χ0v) is 22.6. The van der Waals surface area contributed by atoms with Gasteiger partial charge in [-0.15, -0.1) is 0 Å². The minimum Gasteiger partial charge on any atom is -0.393 e. The lowest BCUT2D eigenvalue weighted by molar-refractivity contribution is -0.203. The molecular weight excluding hydrogens is 450 g/mol. The number of carbonyl (C=O) groups excluding carboxylic acids is 1. The Labute approximate surface area is 206 Å². The van der Waals surface area contributed by atoms with Crippen molar-refractivity contribution >= 4 is 15.9 Å². The van der Waals surface area contributed by atoms with E-state index in [0.717, 1.165) is 51.4 Å². The predicted molar refractivity (Wildman–Crippen MR) is 133 cm³/mol. The van der Waals surface area contributed by atoms with Crippen LogP contribution in [0.25, 0.3) is 0 Å². The lowest BCUT2D eigenvalue weighted by Gasteiger charge is -2.64. The average molecular weight is 498 g/mol. The summed E-state index contributed by atoms with van der Waals surface area (Å²) >= 11 is 0. The van der Waals surface area contributed by atoms with Gasteiger partial charge in [0.1, 0.15) is 0 Å². The second-order valence-electron chi connectivity index (χ2n) is 12.7. The highest BCUT2D eigenvalue weighted by atomic mass is 32.2. The molecule has 7 heteroatoms. The molecular formula is C27H47NO5S. The highest BCUT2D eigenvalue weighted by molar-refractivity contribution is 7.90. The molecule has 0 aromatic carbocycles. The van der Waals surface area contributed by atoms with Gasteiger partial charge in [0, 0.05) is 6.42 Å². The number of aliphatic hydroxyl groups excluding tert-OH is 2. The standard InChI is InChI=1S/C27H47NO5S/c1-6-18-22-15-17(29)10-12-27(22,5)21-11-13-26(4)19(8-9-20(26)24(21)25(18)31)16(3)14-23(30)28-34(32,33)7-2/h16-22,24-25,29,31H,6-15H2,1-5H3,(H,28,30)/t16-,17+,18+,19+,20-,21-,22-,24-,25+,26+,27+/m0/s1. The van der Waals surface area contributed by atoms with E-state index >= 15 is 0 Å². The van der Waals surface area contributed by atoms with Crippen LogP contribution in [0, 0.1) is 52.3 Å². The number of hydrogen-bond acceptors (Lipinski definition) is 5. The maximum absolute atomic E-state index is 12.5. The Morgan fingerprint density at radius 3 is 2.29 bits per heavy atom. The second-order valence-corrected chi connectivity index (χ2v) is 14.7. The number of nitrogens with one attached hydrogen (secondary N) is 1. The summed E-state index contributed by atoms with van der Waals surface area (Å²) in [7, 11) is -3.53. The van der Waals surface area contributed by atoms with E-state index in [1.807, 2.05) is 0 Å². The van der Waals surface area contributed by atoms with Crippen LogP contribution in [0.3, 0.4) is 0 Å². The molecule has 6 nitrogen and oxygen atoms in total. The number of fused-ring (bicyclic) bond motifs is 5. The monoisotopic (exact) mass is 497 g/mol. The van der Waals surface area contributed by atoms with Crippen LogP contribution in [0.5, 0.6) is 0 Å². The maximum atomic E-state index is 12.5. The Morgan fingerprint density at radius 2 is 1.65 bits per heavy atom. The summed E-state index contributed by atoms with van der Waals surface area (Å²) in [6, 6.07) is 0. The molecule has 3 N–H and O–H groups in total. The van der Waals surface area contributed by atoms with E-state index < -0.39 is 15.9 Å². The summed E-state index contributed by atoms with van der Waals surface area (Å²) in [4.78, 5) is 12.5. The molecule has 0 aliphatic heterocycles. The number of aliphatic hydroxyl groups is 2. The Kier molecular flexibility index (Phi) is 7.25. The topological polar surface area (TPSA) is 104 Å². The molecule has 0 radical (unpaired) electrons. The van der Waals surface area contributed by atoms with E-state index in [4.69, 9.17) is 0 Å². The third-order valence-corrected chi connectivity index (χ3v) is 12.6. The van der Waals surface area contributed by atoms with Crippen molar-refractivity contribution in [3.8, 4) is 0 Å². The molecule has 0 aromatic rings. The Morgan fingerprint density at radius 1 is 1.00 bits per heavy atom. The van der Waals surface area contributed by atoms with Crippen LogP contribution in [-0.4, -0.2) is 42.5 Å². The summed E-state index contributed by atoms with van der Waals surface area (Å²) in [5.41, 5.74) is 0.254. The van der Waals surface area contributed by atoms with Gasteiger partial charge in [-0.25, -0.2) is 8.42 Å². The highest BCUT2D eigenvalue weighted by Gasteiger charge is 2.64. The first-order chi connectivity index (χ1) is 15.9. The van der Waals surface area contributed by atoms with E-state index in [2.05, 4.69) is 32.4 Å². The first kappa shape index (κ1) is 26.4. The first-order valence-corrected chi connectivity index (χ1v) is 15.4. The number of hydrogen-bond donors (Lipinski definition) is 3. The molecule has 1 amide bonds. The van der Waals surface area contributed by atoms with Gasteiger partial charge in [-0.2, -0.15) is 0 Å². The summed E-state index contributed by atoms with van der Waals surface area (Å²) in [6.45, 7) is 10.7. The van der Waals surface area contributed by atoms with Gasteiger partial charge in [-0.1, -0.05) is 34.1 Å². The molecule has 11 atom stereocenters. The zero-order valence-electron chi connectivity index (χ0n) is 21.8. The van der Waals surface area contributed by atoms with Gasteiger partial charge in [-0.3, -0.25) is 9.52 Å². The van der Waals surface area contributed by atoms with E-state index in [0.29, 0.717) is 23.7 Å². The number of rotatable bonds is 6. The van der Waals surface area contributed by atoms with E-state index in [1.165, 1.54) is 6.92 Å². The van der Waals surface area contributed by atoms with Crippen molar-refractivity contribution in [1.29, 1.82) is 0 Å². The van der Waals surface area contributed by atoms with Crippen LogP contribution >= 0.6 is 0 Å². The fraction of sp³-hybridized carbons (Fsp3) is 0.963. The number of amides is 1. The molecule has 34 heavy (non-hydrogen) atoms. The molecule has 4 aliphatic rings. The van der Waals surface area contributed by atoms with Gasteiger partial charge >= 0.3 is 0 Å². The predicted octanol–water partition coefficient (Wildman–Crippen LogP) is 4.11. The number of sulfonamides is 1. The van der Waals surface area contributed by atoms with Crippen molar-refractivity contribution in [2.24, 2.45) is 52.3 Å². The van der Waals surface area contributed by atoms with Crippen LogP contribution in [0.15, 0.2) is 0 Å². The SMILES string of the molecule is CC[C@H]1[C@@H](O)[C@@H]2[C@H](CC[C@]3(C)[C@@H]([C@@H](C)CC(=O)NS(=O)(=O)CC)CC[C@@H]23)[C@@]2(C)CC[C@@H](O)C[C@@H]12. The summed E-state index contributed by atoms with van der Waals surface area (Å²) in [5.74, 6) is 1.83. The third kappa shape index (κ3) is 4.26. The summed E-state index contributed by atoms with van der Waals surface area (Å²) in [6.07, 6.45) is 7.72. The molecule has 196 valence electrons. The smallest absolute Gasteiger partial charge is 0.234 e. The Hall–Kier alpha value is -0.660. The molecule has 0 aromatic heterocycles. The van der Waals surface area contributed by atoms with Gasteiger partial charge in [0.05, 0.1) is 18.0 Å². The molecule has 4 saturated carbocycles. The fourth-order valence-electron chi connectivity index (χ4n) is 9.65. The van der Waals surface area contributed by atoms with Gasteiger partial charge in [0.2, 0.25) is 15.9 Å². The van der Waals surface area contributed by atoms with Crippen molar-refractivity contribution in [1.82, 2.24) is 4.72 Å². The lowest BCUT2D eigenvalue weighted by Crippen LogP contribution is -2.62. The molecule has 4 rings (SSSR count). The van der Waals surface area contributed by atoms with Crippen LogP contribution < -0.4 is 4.72 Å². The van der Waals surface area contributed by atoms with Crippen molar-refractivity contribution < 1.29 is 23.4 Å². The number of carbonyl (C=O) groups is 1. The summed E-state index contributed by atoms with van der Waals surface area (Å²) in [5, 5.41) is 22.2. The average Bonchev–Trinajstić information content (AvgIpc) is 3.12. The molecule has 0 spiro atoms. The normalized spacial score (nSPS) is 47.3. The molecule has 0 heterocycles. The van der Waals surface area contributed by atoms with Crippen LogP contribution in [0.2, 0.25) is 0 Å². The quantitative estimate of drug-likeness (QED) is 0.512. The van der Waals surface area contributed by atoms with Gasteiger partial charge in [0.15, 0.2) is 0 Å². The highest BCUT2D eigenvalue weighted by Crippen LogP contribution is 2.69. The lowest BCUT2D eigenvalue weighted by atomic mass is 9.41. The van der Waals surface area contributed by atoms with Gasteiger partial charge in [-0.05, 0) is 104 Å². The van der Waals surface area contributed by atoms with Gasteiger partial charge in [0.25, 0.3) is 0 Å². The molecule has 4 aliphatic carbocycles. The van der Waals surface area contributed by atoms with Crippen LogP contribution in [0.1, 0.15) is 92.4 Å².